The first-order valence-electron chi connectivity index (χ1n) is 17.1. The fraction of sp³-hybridized carbons (Fsp3) is 0.686. The summed E-state index contributed by atoms with van der Waals surface area (Å²) in [5, 5.41) is 6.93. The maximum Gasteiger partial charge on any atom is 0.407 e. The molecular weight excluding hydrogens is 618 g/mol. The van der Waals surface area contributed by atoms with Crippen molar-refractivity contribution >= 4 is 29.8 Å². The Bertz CT molecular complexity index is 1170. The molecule has 48 heavy (non-hydrogen) atoms. The predicted molar refractivity (Wildman–Crippen MR) is 181 cm³/mol. The number of ketones is 1. The van der Waals surface area contributed by atoms with Gasteiger partial charge >= 0.3 is 18.2 Å². The standard InChI is InChI=1S/C35H57N5O8/c1-8-15-27(41)48-26(28(29(36)25-18-13-10-14-19-25)32(42)30(22(2)3)37-34(44)46-6)21-40(20-24-16-11-9-12-17-24)39-33(43)31(23(4)5)38-35(45)47-7/h10,13-14,18-19,22-24,26,28-31H,8-9,11-12,15-17,20-21,36H2,1-7H3,(H,37,44)(H,38,45)(H,39,43)/t26-,28?,29?,30-,31-/m0/s1. The number of carbonyl (C=O) groups is 5. The van der Waals surface area contributed by atoms with E-state index in [1.165, 1.54) is 14.2 Å². The number of ether oxygens (including phenoxy) is 3. The minimum absolute atomic E-state index is 0.0687. The summed E-state index contributed by atoms with van der Waals surface area (Å²) in [5.41, 5.74) is 10.5. The van der Waals surface area contributed by atoms with E-state index in [-0.39, 0.29) is 30.7 Å². The predicted octanol–water partition coefficient (Wildman–Crippen LogP) is 4.26. The number of esters is 1. The molecule has 13 heteroatoms. The molecule has 1 aliphatic rings. The number of hydrazine groups is 1. The number of rotatable bonds is 18. The zero-order valence-corrected chi connectivity index (χ0v) is 29.7. The van der Waals surface area contributed by atoms with Gasteiger partial charge in [0.05, 0.1) is 32.7 Å². The molecule has 1 aromatic carbocycles. The van der Waals surface area contributed by atoms with Crippen LogP contribution < -0.4 is 21.8 Å². The van der Waals surface area contributed by atoms with Gasteiger partial charge in [-0.25, -0.2) is 14.6 Å². The summed E-state index contributed by atoms with van der Waals surface area (Å²) in [4.78, 5) is 65.9. The van der Waals surface area contributed by atoms with Crippen LogP contribution in [0.25, 0.3) is 0 Å². The van der Waals surface area contributed by atoms with E-state index < -0.39 is 60.0 Å². The highest BCUT2D eigenvalue weighted by atomic mass is 16.5. The molecule has 0 heterocycles. The van der Waals surface area contributed by atoms with E-state index in [9.17, 15) is 24.0 Å². The number of alkyl carbamates (subject to hydrolysis) is 2. The smallest absolute Gasteiger partial charge is 0.407 e. The maximum atomic E-state index is 14.6. The van der Waals surface area contributed by atoms with Crippen molar-refractivity contribution in [2.75, 3.05) is 27.3 Å². The van der Waals surface area contributed by atoms with Gasteiger partial charge < -0.3 is 30.6 Å². The first-order chi connectivity index (χ1) is 22.8. The summed E-state index contributed by atoms with van der Waals surface area (Å²) in [6.45, 7) is 9.38. The van der Waals surface area contributed by atoms with Gasteiger partial charge in [-0.1, -0.05) is 84.2 Å². The Balaban J connectivity index is 2.64. The Hall–Kier alpha value is -3.71. The normalized spacial score (nSPS) is 16.7. The summed E-state index contributed by atoms with van der Waals surface area (Å²) in [6.07, 6.45) is 3.11. The minimum atomic E-state index is -1.13. The lowest BCUT2D eigenvalue weighted by Crippen LogP contribution is -2.59. The third-order valence-electron chi connectivity index (χ3n) is 8.75. The van der Waals surface area contributed by atoms with Gasteiger partial charge in [0.15, 0.2) is 5.78 Å². The van der Waals surface area contributed by atoms with E-state index in [1.807, 2.05) is 13.0 Å². The SMILES string of the molecule is CCCC(=O)O[C@@H](CN(CC1CCCCC1)NC(=O)[C@@H](NC(=O)OC)C(C)C)C(C(=O)[C@@H](NC(=O)OC)C(C)C)C(N)c1ccccc1. The monoisotopic (exact) mass is 675 g/mol. The van der Waals surface area contributed by atoms with Crippen LogP contribution in [-0.2, 0) is 28.6 Å². The number of hydrogen-bond donors (Lipinski definition) is 4. The Labute approximate surface area is 285 Å². The summed E-state index contributed by atoms with van der Waals surface area (Å²) < 4.78 is 15.7. The number of nitrogens with two attached hydrogens (primary N) is 1. The summed E-state index contributed by atoms with van der Waals surface area (Å²) >= 11 is 0. The number of amides is 3. The second kappa shape index (κ2) is 20.6. The van der Waals surface area contributed by atoms with Crippen molar-refractivity contribution in [1.82, 2.24) is 21.1 Å². The van der Waals surface area contributed by atoms with Crippen LogP contribution in [0, 0.1) is 23.7 Å². The molecule has 270 valence electrons. The van der Waals surface area contributed by atoms with Crippen LogP contribution in [0.5, 0.6) is 0 Å². The van der Waals surface area contributed by atoms with Gasteiger partial charge in [0.25, 0.3) is 5.91 Å². The van der Waals surface area contributed by atoms with Crippen LogP contribution in [-0.4, -0.2) is 80.4 Å². The highest BCUT2D eigenvalue weighted by molar-refractivity contribution is 5.91. The van der Waals surface area contributed by atoms with E-state index in [2.05, 4.69) is 16.1 Å². The lowest BCUT2D eigenvalue weighted by atomic mass is 9.80. The molecule has 1 aromatic rings. The van der Waals surface area contributed by atoms with Crippen LogP contribution in [0.3, 0.4) is 0 Å². The van der Waals surface area contributed by atoms with Gasteiger partial charge in [-0.15, -0.1) is 0 Å². The summed E-state index contributed by atoms with van der Waals surface area (Å²) in [7, 11) is 2.44. The lowest BCUT2D eigenvalue weighted by Gasteiger charge is -2.38. The van der Waals surface area contributed by atoms with E-state index >= 15 is 0 Å². The quantitative estimate of drug-likeness (QED) is 0.0999. The topological polar surface area (TPSA) is 178 Å². The van der Waals surface area contributed by atoms with Crippen molar-refractivity contribution < 1.29 is 38.2 Å². The fourth-order valence-electron chi connectivity index (χ4n) is 6.10. The van der Waals surface area contributed by atoms with Crippen LogP contribution >= 0.6 is 0 Å². The van der Waals surface area contributed by atoms with Gasteiger partial charge in [-0.3, -0.25) is 19.8 Å². The Morgan fingerprint density at radius 3 is 1.96 bits per heavy atom. The number of carbonyl (C=O) groups excluding carboxylic acids is 5. The van der Waals surface area contributed by atoms with Gasteiger partial charge in [0, 0.05) is 19.0 Å². The van der Waals surface area contributed by atoms with Crippen molar-refractivity contribution in [1.29, 1.82) is 0 Å². The lowest BCUT2D eigenvalue weighted by molar-refractivity contribution is -0.157. The highest BCUT2D eigenvalue weighted by Gasteiger charge is 2.43. The van der Waals surface area contributed by atoms with Gasteiger partial charge in [0.2, 0.25) is 0 Å². The third-order valence-corrected chi connectivity index (χ3v) is 8.75. The molecule has 0 aliphatic heterocycles. The fourth-order valence-corrected chi connectivity index (χ4v) is 6.10. The summed E-state index contributed by atoms with van der Waals surface area (Å²) in [6, 6.07) is 6.15. The molecule has 2 unspecified atom stereocenters. The number of benzene rings is 1. The number of hydrogen-bond acceptors (Lipinski definition) is 10. The van der Waals surface area contributed by atoms with Crippen LogP contribution in [0.1, 0.15) is 91.2 Å². The Morgan fingerprint density at radius 1 is 0.875 bits per heavy atom. The minimum Gasteiger partial charge on any atom is -0.460 e. The van der Waals surface area contributed by atoms with Crippen molar-refractivity contribution in [3.05, 3.63) is 35.9 Å². The van der Waals surface area contributed by atoms with Gasteiger partial charge in [0.1, 0.15) is 12.1 Å². The number of Topliss-reactive ketones (excluding diaryl/α,β-unsaturated/α-hetero) is 1. The summed E-state index contributed by atoms with van der Waals surface area (Å²) in [5.74, 6) is -2.96. The second-order valence-corrected chi connectivity index (χ2v) is 13.2. The molecule has 0 spiro atoms. The van der Waals surface area contributed by atoms with Crippen molar-refractivity contribution in [3.8, 4) is 0 Å². The molecule has 3 amide bonds. The average molecular weight is 676 g/mol. The van der Waals surface area contributed by atoms with E-state index in [4.69, 9.17) is 19.9 Å². The zero-order chi connectivity index (χ0) is 35.8. The maximum absolute atomic E-state index is 14.6. The second-order valence-electron chi connectivity index (χ2n) is 13.2. The number of nitrogens with one attached hydrogen (secondary N) is 3. The molecule has 1 saturated carbocycles. The average Bonchev–Trinajstić information content (AvgIpc) is 3.06. The first-order valence-corrected chi connectivity index (χ1v) is 17.1. The van der Waals surface area contributed by atoms with Crippen molar-refractivity contribution in [2.24, 2.45) is 29.4 Å². The first kappa shape index (κ1) is 40.5. The van der Waals surface area contributed by atoms with Crippen LogP contribution in [0.2, 0.25) is 0 Å². The molecule has 1 aliphatic carbocycles. The van der Waals surface area contributed by atoms with E-state index in [0.29, 0.717) is 18.5 Å². The van der Waals surface area contributed by atoms with Crippen LogP contribution in [0.15, 0.2) is 30.3 Å². The molecule has 5 atom stereocenters. The number of methoxy groups -OCH3 is 2. The van der Waals surface area contributed by atoms with Crippen molar-refractivity contribution in [2.45, 2.75) is 104 Å². The molecule has 5 N–H and O–H groups in total. The molecule has 0 bridgehead atoms. The molecular formula is C35H57N5O8. The third kappa shape index (κ3) is 12.7. The van der Waals surface area contributed by atoms with Gasteiger partial charge in [-0.05, 0) is 42.6 Å². The molecule has 13 nitrogen and oxygen atoms in total. The highest BCUT2D eigenvalue weighted by Crippen LogP contribution is 2.30. The molecule has 1 fully saturated rings. The number of nitrogens with zero attached hydrogens (tertiary/aromatic N) is 1. The zero-order valence-electron chi connectivity index (χ0n) is 29.7. The van der Waals surface area contributed by atoms with Crippen LogP contribution in [0.4, 0.5) is 9.59 Å². The van der Waals surface area contributed by atoms with E-state index in [0.717, 1.165) is 32.1 Å². The molecule has 0 saturated heterocycles. The molecule has 0 aromatic heterocycles. The van der Waals surface area contributed by atoms with Gasteiger partial charge in [-0.2, -0.15) is 0 Å². The molecule has 0 radical (unpaired) electrons. The van der Waals surface area contributed by atoms with Crippen molar-refractivity contribution in [3.63, 3.8) is 0 Å². The largest absolute Gasteiger partial charge is 0.460 e. The van der Waals surface area contributed by atoms with E-state index in [1.54, 1.807) is 57.0 Å². The molecule has 2 rings (SSSR count). The Morgan fingerprint density at radius 2 is 1.44 bits per heavy atom. The Kier molecular flexibility index (Phi) is 17.4.